The Morgan fingerprint density at radius 3 is 2.61 bits per heavy atom. The van der Waals surface area contributed by atoms with Crippen LogP contribution in [0.25, 0.3) is 0 Å². The van der Waals surface area contributed by atoms with Crippen molar-refractivity contribution in [1.29, 1.82) is 0 Å². The van der Waals surface area contributed by atoms with Crippen LogP contribution in [0.4, 0.5) is 5.13 Å². The number of thiazole rings is 1. The summed E-state index contributed by atoms with van der Waals surface area (Å²) in [5.41, 5.74) is 1.49. The quantitative estimate of drug-likeness (QED) is 0.542. The Labute approximate surface area is 186 Å². The summed E-state index contributed by atoms with van der Waals surface area (Å²) in [5, 5.41) is 3.62. The lowest BCUT2D eigenvalue weighted by Crippen LogP contribution is -2.41. The van der Waals surface area contributed by atoms with Crippen molar-refractivity contribution in [3.63, 3.8) is 0 Å². The smallest absolute Gasteiger partial charge is 0.243 e. The van der Waals surface area contributed by atoms with Crippen LogP contribution in [-0.2, 0) is 27.7 Å². The summed E-state index contributed by atoms with van der Waals surface area (Å²) in [4.78, 5) is 30.3. The first-order valence-corrected chi connectivity index (χ1v) is 13.0. The van der Waals surface area contributed by atoms with Gasteiger partial charge in [0, 0.05) is 29.4 Å². The zero-order valence-electron chi connectivity index (χ0n) is 17.6. The number of benzene rings is 1. The number of aromatic nitrogens is 1. The lowest BCUT2D eigenvalue weighted by atomic mass is 9.97. The molecule has 7 nitrogen and oxygen atoms in total. The minimum absolute atomic E-state index is 0.0838. The number of aryl methyl sites for hydroxylation is 2. The van der Waals surface area contributed by atoms with Crippen LogP contribution >= 0.6 is 11.3 Å². The van der Waals surface area contributed by atoms with E-state index in [4.69, 9.17) is 0 Å². The molecule has 0 atom stereocenters. The summed E-state index contributed by atoms with van der Waals surface area (Å²) in [6.07, 6.45) is 6.47. The van der Waals surface area contributed by atoms with Gasteiger partial charge in [0.05, 0.1) is 10.6 Å². The van der Waals surface area contributed by atoms with E-state index in [-0.39, 0.29) is 35.6 Å². The summed E-state index contributed by atoms with van der Waals surface area (Å²) in [5.74, 6) is -0.495. The van der Waals surface area contributed by atoms with Gasteiger partial charge in [-0.1, -0.05) is 18.6 Å². The molecule has 2 aromatic rings. The summed E-state index contributed by atoms with van der Waals surface area (Å²) in [7, 11) is -3.69. The molecule has 1 N–H and O–H groups in total. The lowest BCUT2D eigenvalue weighted by Gasteiger charge is -2.30. The number of ketones is 1. The monoisotopic (exact) mass is 461 g/mol. The Hall–Kier alpha value is -2.10. The number of piperidine rings is 1. The van der Waals surface area contributed by atoms with Crippen LogP contribution in [0, 0.1) is 5.92 Å². The van der Waals surface area contributed by atoms with Crippen molar-refractivity contribution in [1.82, 2.24) is 9.29 Å². The average molecular weight is 462 g/mol. The van der Waals surface area contributed by atoms with E-state index in [0.717, 1.165) is 25.0 Å². The molecule has 4 rings (SSSR count). The fraction of sp³-hybridized carbons (Fsp3) is 0.500. The largest absolute Gasteiger partial charge is 0.302 e. The van der Waals surface area contributed by atoms with E-state index in [2.05, 4.69) is 10.3 Å². The maximum Gasteiger partial charge on any atom is 0.243 e. The van der Waals surface area contributed by atoms with Crippen LogP contribution in [0.1, 0.15) is 60.0 Å². The van der Waals surface area contributed by atoms with E-state index < -0.39 is 10.0 Å². The van der Waals surface area contributed by atoms with E-state index in [0.29, 0.717) is 23.5 Å². The normalized spacial score (nSPS) is 18.2. The van der Waals surface area contributed by atoms with Crippen molar-refractivity contribution in [3.8, 4) is 0 Å². The molecule has 2 heterocycles. The molecular formula is C22H27N3O4S2. The summed E-state index contributed by atoms with van der Waals surface area (Å²) < 4.78 is 27.4. The number of nitrogens with zero attached hydrogens (tertiary/aromatic N) is 2. The van der Waals surface area contributed by atoms with Gasteiger partial charge in [-0.25, -0.2) is 13.4 Å². The number of amides is 1. The highest BCUT2D eigenvalue weighted by atomic mass is 32.2. The average Bonchev–Trinajstić information content (AvgIpc) is 3.01. The molecule has 1 aliphatic heterocycles. The van der Waals surface area contributed by atoms with Gasteiger partial charge >= 0.3 is 0 Å². The molecule has 0 radical (unpaired) electrons. The van der Waals surface area contributed by atoms with Crippen molar-refractivity contribution < 1.29 is 18.0 Å². The van der Waals surface area contributed by atoms with Gasteiger partial charge in [-0.3, -0.25) is 9.59 Å². The molecule has 0 spiro atoms. The molecule has 0 unspecified atom stereocenters. The maximum absolute atomic E-state index is 13.0. The standard InChI is InChI=1S/C22H27N3O4S2/c1-15(26)17-6-5-7-18(14-17)31(28,29)25-12-10-16(11-13-25)21(27)24-22-23-19-8-3-2-4-9-20(19)30-22/h5-7,14,16H,2-4,8-13H2,1H3,(H,23,24,27). The number of anilines is 1. The molecule has 9 heteroatoms. The Balaban J connectivity index is 1.37. The van der Waals surface area contributed by atoms with Gasteiger partial charge in [-0.05, 0) is 57.6 Å². The van der Waals surface area contributed by atoms with Crippen molar-refractivity contribution in [2.24, 2.45) is 5.92 Å². The third-order valence-corrected chi connectivity index (χ3v) is 9.00. The van der Waals surface area contributed by atoms with Gasteiger partial charge < -0.3 is 5.32 Å². The number of nitrogens with one attached hydrogen (secondary N) is 1. The van der Waals surface area contributed by atoms with Crippen molar-refractivity contribution in [3.05, 3.63) is 40.4 Å². The Morgan fingerprint density at radius 1 is 1.13 bits per heavy atom. The van der Waals surface area contributed by atoms with Crippen molar-refractivity contribution >= 4 is 38.2 Å². The van der Waals surface area contributed by atoms with E-state index in [1.165, 1.54) is 41.1 Å². The van der Waals surface area contributed by atoms with Crippen LogP contribution in [0.15, 0.2) is 29.2 Å². The predicted octanol–water partition coefficient (Wildman–Crippen LogP) is 3.65. The Bertz CT molecular complexity index is 1060. The van der Waals surface area contributed by atoms with Crippen LogP contribution in [0.3, 0.4) is 0 Å². The first-order valence-electron chi connectivity index (χ1n) is 10.7. The number of Topliss-reactive ketones (excluding diaryl/α,β-unsaturated/α-hetero) is 1. The molecule has 0 saturated carbocycles. The van der Waals surface area contributed by atoms with Crippen molar-refractivity contribution in [2.75, 3.05) is 18.4 Å². The topological polar surface area (TPSA) is 96.4 Å². The van der Waals surface area contributed by atoms with Crippen LogP contribution in [0.5, 0.6) is 0 Å². The molecule has 2 aliphatic rings. The molecule has 1 aromatic carbocycles. The van der Waals surface area contributed by atoms with Crippen LogP contribution in [0.2, 0.25) is 0 Å². The van der Waals surface area contributed by atoms with E-state index in [9.17, 15) is 18.0 Å². The van der Waals surface area contributed by atoms with Gasteiger partial charge in [0.2, 0.25) is 15.9 Å². The molecule has 1 amide bonds. The summed E-state index contributed by atoms with van der Waals surface area (Å²) in [6, 6.07) is 6.12. The first kappa shape index (κ1) is 22.1. The fourth-order valence-electron chi connectivity index (χ4n) is 4.17. The number of carbonyl (C=O) groups is 2. The Kier molecular flexibility index (Phi) is 6.55. The molecule has 0 bridgehead atoms. The zero-order chi connectivity index (χ0) is 22.0. The summed E-state index contributed by atoms with van der Waals surface area (Å²) >= 11 is 1.57. The van der Waals surface area contributed by atoms with Gasteiger partial charge in [0.25, 0.3) is 0 Å². The third kappa shape index (κ3) is 4.88. The SMILES string of the molecule is CC(=O)c1cccc(S(=O)(=O)N2CCC(C(=O)Nc3nc4c(s3)CCCCC4)CC2)c1. The molecule has 166 valence electrons. The van der Waals surface area contributed by atoms with Crippen LogP contribution < -0.4 is 5.32 Å². The van der Waals surface area contributed by atoms with Crippen LogP contribution in [-0.4, -0.2) is 42.5 Å². The first-order chi connectivity index (χ1) is 14.8. The highest BCUT2D eigenvalue weighted by molar-refractivity contribution is 7.89. The fourth-order valence-corrected chi connectivity index (χ4v) is 6.74. The second-order valence-corrected chi connectivity index (χ2v) is 11.2. The number of rotatable bonds is 5. The highest BCUT2D eigenvalue weighted by Crippen LogP contribution is 2.30. The molecule has 31 heavy (non-hydrogen) atoms. The molecule has 1 fully saturated rings. The molecule has 1 aromatic heterocycles. The summed E-state index contributed by atoms with van der Waals surface area (Å²) in [6.45, 7) is 1.97. The minimum atomic E-state index is -3.69. The zero-order valence-corrected chi connectivity index (χ0v) is 19.2. The van der Waals surface area contributed by atoms with E-state index in [1.807, 2.05) is 0 Å². The van der Waals surface area contributed by atoms with E-state index in [1.54, 1.807) is 23.5 Å². The molecule has 1 saturated heterocycles. The predicted molar refractivity (Wildman–Crippen MR) is 120 cm³/mol. The second kappa shape index (κ2) is 9.18. The van der Waals surface area contributed by atoms with E-state index >= 15 is 0 Å². The number of carbonyl (C=O) groups excluding carboxylic acids is 2. The van der Waals surface area contributed by atoms with Gasteiger partial charge in [-0.15, -0.1) is 11.3 Å². The van der Waals surface area contributed by atoms with Gasteiger partial charge in [0.1, 0.15) is 0 Å². The van der Waals surface area contributed by atoms with Gasteiger partial charge in [0.15, 0.2) is 10.9 Å². The number of hydrogen-bond acceptors (Lipinski definition) is 6. The minimum Gasteiger partial charge on any atom is -0.302 e. The number of hydrogen-bond donors (Lipinski definition) is 1. The lowest BCUT2D eigenvalue weighted by molar-refractivity contribution is -0.120. The van der Waals surface area contributed by atoms with Gasteiger partial charge in [-0.2, -0.15) is 4.31 Å². The number of fused-ring (bicyclic) bond motifs is 1. The van der Waals surface area contributed by atoms with Crippen molar-refractivity contribution in [2.45, 2.75) is 56.8 Å². The second-order valence-electron chi connectivity index (χ2n) is 8.20. The Morgan fingerprint density at radius 2 is 1.87 bits per heavy atom. The highest BCUT2D eigenvalue weighted by Gasteiger charge is 2.32. The maximum atomic E-state index is 13.0. The third-order valence-electron chi connectivity index (χ3n) is 6.03. The molecular weight excluding hydrogens is 434 g/mol. The number of sulfonamides is 1. The molecule has 1 aliphatic carbocycles.